The van der Waals surface area contributed by atoms with Gasteiger partial charge in [-0.05, 0) is 55.3 Å². The fraction of sp³-hybridized carbons (Fsp3) is 0.231. The minimum atomic E-state index is -0.138. The van der Waals surface area contributed by atoms with E-state index in [1.54, 1.807) is 12.1 Å². The van der Waals surface area contributed by atoms with Gasteiger partial charge in [0.2, 0.25) is 0 Å². The number of piperidine rings is 1. The van der Waals surface area contributed by atoms with Crippen molar-refractivity contribution in [2.75, 3.05) is 25.9 Å². The summed E-state index contributed by atoms with van der Waals surface area (Å²) in [5, 5.41) is 9.31. The van der Waals surface area contributed by atoms with Crippen LogP contribution in [0.5, 0.6) is 11.5 Å². The van der Waals surface area contributed by atoms with E-state index in [9.17, 15) is 4.79 Å². The van der Waals surface area contributed by atoms with Crippen molar-refractivity contribution in [2.45, 2.75) is 18.9 Å². The Hall–Kier alpha value is -4.24. The maximum Gasteiger partial charge on any atom is 0.260 e. The first-order valence-corrected chi connectivity index (χ1v) is 11.5. The molecule has 178 valence electrons. The van der Waals surface area contributed by atoms with E-state index in [0.29, 0.717) is 18.0 Å². The van der Waals surface area contributed by atoms with Crippen LogP contribution in [-0.4, -0.2) is 55.8 Å². The lowest BCUT2D eigenvalue weighted by Crippen LogP contribution is -2.48. The van der Waals surface area contributed by atoms with E-state index in [1.165, 1.54) is 12.4 Å². The van der Waals surface area contributed by atoms with Gasteiger partial charge in [-0.2, -0.15) is 5.10 Å². The van der Waals surface area contributed by atoms with Crippen molar-refractivity contribution in [3.05, 3.63) is 73.6 Å². The minimum absolute atomic E-state index is 0.0232. The number of rotatable bonds is 6. The van der Waals surface area contributed by atoms with Crippen LogP contribution in [0.3, 0.4) is 0 Å². The molecule has 0 saturated carbocycles. The zero-order chi connectivity index (χ0) is 24.4. The fourth-order valence-electron chi connectivity index (χ4n) is 4.44. The van der Waals surface area contributed by atoms with Crippen LogP contribution in [0.2, 0.25) is 0 Å². The molecule has 1 unspecified atom stereocenters. The van der Waals surface area contributed by atoms with Crippen LogP contribution in [0.1, 0.15) is 18.9 Å². The minimum Gasteiger partial charge on any atom is -0.457 e. The third kappa shape index (κ3) is 4.45. The molecule has 5 rings (SSSR count). The summed E-state index contributed by atoms with van der Waals surface area (Å²) in [6.45, 7) is 5.01. The molecule has 2 N–H and O–H groups in total. The first-order chi connectivity index (χ1) is 17.0. The summed E-state index contributed by atoms with van der Waals surface area (Å²) in [6, 6.07) is 17.4. The molecule has 0 radical (unpaired) electrons. The van der Waals surface area contributed by atoms with Gasteiger partial charge in [-0.25, -0.2) is 19.7 Å². The van der Waals surface area contributed by atoms with Crippen molar-refractivity contribution in [3.8, 4) is 22.8 Å². The van der Waals surface area contributed by atoms with Crippen LogP contribution < -0.4 is 10.5 Å². The lowest BCUT2D eigenvalue weighted by molar-refractivity contribution is -0.142. The molecule has 1 atom stereocenters. The van der Waals surface area contributed by atoms with Crippen molar-refractivity contribution in [2.24, 2.45) is 0 Å². The summed E-state index contributed by atoms with van der Waals surface area (Å²) in [5.41, 5.74) is 8.59. The molecule has 0 spiro atoms. The largest absolute Gasteiger partial charge is 0.457 e. The molecule has 1 saturated heterocycles. The number of carbonyl (C=O) groups excluding carboxylic acids is 1. The number of nitrogens with two attached hydrogens (primary N) is 1. The molecule has 4 aromatic rings. The standard InChI is InChI=1S/C26H27N7O2/c1-3-22(34)31(2)32-15-7-8-19(16-32)33-26-23(25(27)28-17-29-26)24(30-33)18-11-13-21(14-12-18)35-20-9-5-4-6-10-20/h3-6,9-14,17,19H,1,7-8,15-16H2,2H3,(H2,27,28,29). The van der Waals surface area contributed by atoms with Gasteiger partial charge in [-0.1, -0.05) is 24.8 Å². The van der Waals surface area contributed by atoms with Crippen LogP contribution in [-0.2, 0) is 4.79 Å². The van der Waals surface area contributed by atoms with Crippen molar-refractivity contribution >= 4 is 22.8 Å². The van der Waals surface area contributed by atoms with Gasteiger partial charge in [-0.3, -0.25) is 9.80 Å². The number of benzene rings is 2. The van der Waals surface area contributed by atoms with Crippen molar-refractivity contribution < 1.29 is 9.53 Å². The summed E-state index contributed by atoms with van der Waals surface area (Å²) in [7, 11) is 1.76. The molecule has 3 heterocycles. The number of aromatic nitrogens is 4. The van der Waals surface area contributed by atoms with Gasteiger partial charge < -0.3 is 10.5 Å². The Bertz CT molecular complexity index is 1350. The number of hydrogen-bond donors (Lipinski definition) is 1. The van der Waals surface area contributed by atoms with Crippen LogP contribution >= 0.6 is 0 Å². The number of para-hydroxylation sites is 1. The topological polar surface area (TPSA) is 102 Å². The summed E-state index contributed by atoms with van der Waals surface area (Å²) in [4.78, 5) is 20.9. The lowest BCUT2D eigenvalue weighted by Gasteiger charge is -2.38. The highest BCUT2D eigenvalue weighted by molar-refractivity contribution is 5.98. The summed E-state index contributed by atoms with van der Waals surface area (Å²) >= 11 is 0. The van der Waals surface area contributed by atoms with E-state index >= 15 is 0 Å². The normalized spacial score (nSPS) is 16.2. The van der Waals surface area contributed by atoms with Crippen molar-refractivity contribution in [1.29, 1.82) is 0 Å². The zero-order valence-electron chi connectivity index (χ0n) is 19.5. The molecule has 2 aromatic heterocycles. The molecule has 1 aliphatic rings. The van der Waals surface area contributed by atoms with Crippen LogP contribution in [0, 0.1) is 0 Å². The van der Waals surface area contributed by atoms with Gasteiger partial charge in [-0.15, -0.1) is 0 Å². The second kappa shape index (κ2) is 9.55. The number of nitrogens with zero attached hydrogens (tertiary/aromatic N) is 6. The third-order valence-electron chi connectivity index (χ3n) is 6.26. The zero-order valence-corrected chi connectivity index (χ0v) is 19.5. The molecule has 9 nitrogen and oxygen atoms in total. The summed E-state index contributed by atoms with van der Waals surface area (Å²) in [5.74, 6) is 1.74. The Morgan fingerprint density at radius 1 is 1.14 bits per heavy atom. The highest BCUT2D eigenvalue weighted by Crippen LogP contribution is 2.35. The Morgan fingerprint density at radius 2 is 1.89 bits per heavy atom. The molecule has 2 aromatic carbocycles. The highest BCUT2D eigenvalue weighted by Gasteiger charge is 2.29. The molecule has 1 amide bonds. The molecule has 1 fully saturated rings. The summed E-state index contributed by atoms with van der Waals surface area (Å²) in [6.07, 6.45) is 4.62. The number of fused-ring (bicyclic) bond motifs is 1. The molecule has 9 heteroatoms. The number of hydrogen-bond acceptors (Lipinski definition) is 7. The average molecular weight is 470 g/mol. The maximum absolute atomic E-state index is 12.1. The van der Waals surface area contributed by atoms with Crippen LogP contribution in [0.15, 0.2) is 73.6 Å². The number of nitrogen functional groups attached to an aromatic ring is 1. The maximum atomic E-state index is 12.1. The number of amides is 1. The predicted molar refractivity (Wildman–Crippen MR) is 134 cm³/mol. The first kappa shape index (κ1) is 22.5. The van der Waals surface area contributed by atoms with E-state index < -0.39 is 0 Å². The summed E-state index contributed by atoms with van der Waals surface area (Å²) < 4.78 is 7.85. The Kier molecular flexibility index (Phi) is 6.15. The molecule has 0 aliphatic carbocycles. The number of likely N-dealkylation sites (N-methyl/N-ethyl adjacent to an activating group) is 1. The van der Waals surface area contributed by atoms with Gasteiger partial charge >= 0.3 is 0 Å². The van der Waals surface area contributed by atoms with Crippen molar-refractivity contribution in [1.82, 2.24) is 29.8 Å². The Morgan fingerprint density at radius 3 is 2.63 bits per heavy atom. The molecule has 35 heavy (non-hydrogen) atoms. The monoisotopic (exact) mass is 469 g/mol. The Labute approximate surface area is 203 Å². The van der Waals surface area contributed by atoms with Crippen LogP contribution in [0.4, 0.5) is 5.82 Å². The lowest BCUT2D eigenvalue weighted by atomic mass is 10.1. The molecule has 1 aliphatic heterocycles. The van der Waals surface area contributed by atoms with E-state index in [4.69, 9.17) is 15.6 Å². The number of anilines is 1. The molecular formula is C26H27N7O2. The van der Waals surface area contributed by atoms with E-state index in [1.807, 2.05) is 64.3 Å². The second-order valence-electron chi connectivity index (χ2n) is 8.46. The number of carbonyl (C=O) groups is 1. The Balaban J connectivity index is 1.48. The highest BCUT2D eigenvalue weighted by atomic mass is 16.5. The van der Waals surface area contributed by atoms with E-state index in [0.717, 1.165) is 47.5 Å². The molecular weight excluding hydrogens is 442 g/mol. The average Bonchev–Trinajstić information content (AvgIpc) is 3.30. The second-order valence-corrected chi connectivity index (χ2v) is 8.46. The van der Waals surface area contributed by atoms with E-state index in [2.05, 4.69) is 16.5 Å². The fourth-order valence-corrected chi connectivity index (χ4v) is 4.44. The SMILES string of the molecule is C=CC(=O)N(C)N1CCCC(n2nc(-c3ccc(Oc4ccccc4)cc3)c3c(N)ncnc32)C1. The van der Waals surface area contributed by atoms with Crippen molar-refractivity contribution in [3.63, 3.8) is 0 Å². The van der Waals surface area contributed by atoms with Gasteiger partial charge in [0.05, 0.1) is 11.4 Å². The predicted octanol–water partition coefficient (Wildman–Crippen LogP) is 4.06. The van der Waals surface area contributed by atoms with Gasteiger partial charge in [0.15, 0.2) is 5.65 Å². The number of hydrazine groups is 1. The molecule has 0 bridgehead atoms. The van der Waals surface area contributed by atoms with E-state index in [-0.39, 0.29) is 11.9 Å². The third-order valence-corrected chi connectivity index (χ3v) is 6.26. The smallest absolute Gasteiger partial charge is 0.260 e. The van der Waals surface area contributed by atoms with Gasteiger partial charge in [0.25, 0.3) is 5.91 Å². The first-order valence-electron chi connectivity index (χ1n) is 11.5. The van der Waals surface area contributed by atoms with Crippen LogP contribution in [0.25, 0.3) is 22.3 Å². The van der Waals surface area contributed by atoms with Gasteiger partial charge in [0, 0.05) is 25.7 Å². The quantitative estimate of drug-likeness (QED) is 0.425. The number of ether oxygens (including phenoxy) is 1. The van der Waals surface area contributed by atoms with Gasteiger partial charge in [0.1, 0.15) is 29.3 Å².